The highest BCUT2D eigenvalue weighted by Gasteiger charge is 2.39. The lowest BCUT2D eigenvalue weighted by Gasteiger charge is -2.33. The van der Waals surface area contributed by atoms with E-state index >= 15 is 0 Å². The van der Waals surface area contributed by atoms with E-state index < -0.39 is 0 Å². The Morgan fingerprint density at radius 3 is 2.75 bits per heavy atom. The normalized spacial score (nSPS) is 34.2. The van der Waals surface area contributed by atoms with Gasteiger partial charge < -0.3 is 15.2 Å². The second-order valence-electron chi connectivity index (χ2n) is 4.03. The van der Waals surface area contributed by atoms with Gasteiger partial charge in [0.2, 0.25) is 0 Å². The average molecular weight is 171 g/mol. The summed E-state index contributed by atoms with van der Waals surface area (Å²) < 4.78 is 5.32. The number of aliphatic hydroxyl groups is 1. The molecule has 0 aromatic rings. The summed E-state index contributed by atoms with van der Waals surface area (Å²) in [5, 5.41) is 12.5. The van der Waals surface area contributed by atoms with Crippen LogP contribution in [0.25, 0.3) is 0 Å². The molecule has 0 amide bonds. The zero-order chi connectivity index (χ0) is 8.44. The van der Waals surface area contributed by atoms with Crippen molar-refractivity contribution < 1.29 is 9.84 Å². The Bertz CT molecular complexity index is 155. The van der Waals surface area contributed by atoms with Gasteiger partial charge in [0, 0.05) is 31.9 Å². The summed E-state index contributed by atoms with van der Waals surface area (Å²) in [5.74, 6) is 0.475. The summed E-state index contributed by atoms with van der Waals surface area (Å²) >= 11 is 0. The van der Waals surface area contributed by atoms with Crippen molar-refractivity contribution in [3.8, 4) is 0 Å². The van der Waals surface area contributed by atoms with Crippen LogP contribution in [0.2, 0.25) is 0 Å². The maximum Gasteiger partial charge on any atom is 0.0483 e. The highest BCUT2D eigenvalue weighted by atomic mass is 16.5. The maximum absolute atomic E-state index is 9.01. The van der Waals surface area contributed by atoms with E-state index in [4.69, 9.17) is 9.84 Å². The van der Waals surface area contributed by atoms with Gasteiger partial charge in [0.1, 0.15) is 0 Å². The fourth-order valence-electron chi connectivity index (χ4n) is 2.33. The number of rotatable bonds is 1. The zero-order valence-corrected chi connectivity index (χ0v) is 7.38. The second-order valence-corrected chi connectivity index (χ2v) is 4.03. The predicted molar refractivity (Wildman–Crippen MR) is 46.0 cm³/mol. The summed E-state index contributed by atoms with van der Waals surface area (Å²) in [6.07, 6.45) is 3.36. The van der Waals surface area contributed by atoms with Gasteiger partial charge in [0.25, 0.3) is 0 Å². The number of aliphatic hydroxyl groups excluding tert-OH is 1. The van der Waals surface area contributed by atoms with Gasteiger partial charge in [-0.1, -0.05) is 0 Å². The Balaban J connectivity index is 1.94. The van der Waals surface area contributed by atoms with E-state index in [0.717, 1.165) is 39.0 Å². The molecule has 1 unspecified atom stereocenters. The van der Waals surface area contributed by atoms with Crippen LogP contribution in [0.15, 0.2) is 0 Å². The van der Waals surface area contributed by atoms with E-state index in [0.29, 0.717) is 18.1 Å². The fourth-order valence-corrected chi connectivity index (χ4v) is 2.33. The number of hydrogen-bond donors (Lipinski definition) is 2. The van der Waals surface area contributed by atoms with Crippen LogP contribution < -0.4 is 5.32 Å². The number of ether oxygens (including phenoxy) is 1. The summed E-state index contributed by atoms with van der Waals surface area (Å²) in [7, 11) is 0. The minimum Gasteiger partial charge on any atom is -0.396 e. The molecule has 0 aromatic heterocycles. The van der Waals surface area contributed by atoms with Gasteiger partial charge in [-0.3, -0.25) is 0 Å². The second kappa shape index (κ2) is 3.32. The molecule has 12 heavy (non-hydrogen) atoms. The molecule has 2 saturated heterocycles. The lowest BCUT2D eigenvalue weighted by Crippen LogP contribution is -2.44. The van der Waals surface area contributed by atoms with Crippen LogP contribution in [0.5, 0.6) is 0 Å². The molecule has 70 valence electrons. The van der Waals surface area contributed by atoms with Gasteiger partial charge in [0.05, 0.1) is 0 Å². The topological polar surface area (TPSA) is 41.5 Å². The minimum atomic E-state index is 0.311. The maximum atomic E-state index is 9.01. The molecular formula is C9H17NO2. The van der Waals surface area contributed by atoms with Gasteiger partial charge in [-0.25, -0.2) is 0 Å². The Labute approximate surface area is 73.1 Å². The van der Waals surface area contributed by atoms with Gasteiger partial charge in [-0.05, 0) is 25.2 Å². The van der Waals surface area contributed by atoms with E-state index in [2.05, 4.69) is 5.32 Å². The van der Waals surface area contributed by atoms with Gasteiger partial charge in [0.15, 0.2) is 0 Å². The lowest BCUT2D eigenvalue weighted by molar-refractivity contribution is 0.0434. The largest absolute Gasteiger partial charge is 0.396 e. The smallest absolute Gasteiger partial charge is 0.0483 e. The highest BCUT2D eigenvalue weighted by molar-refractivity contribution is 4.97. The van der Waals surface area contributed by atoms with Crippen molar-refractivity contribution in [2.75, 3.05) is 26.4 Å². The monoisotopic (exact) mass is 171 g/mol. The molecule has 0 aliphatic carbocycles. The quantitative estimate of drug-likeness (QED) is 0.589. The van der Waals surface area contributed by atoms with Crippen LogP contribution in [-0.2, 0) is 4.74 Å². The SMILES string of the molecule is OCC1CNC2(CCOCC2)C1. The van der Waals surface area contributed by atoms with E-state index in [-0.39, 0.29) is 0 Å². The van der Waals surface area contributed by atoms with Crippen LogP contribution >= 0.6 is 0 Å². The van der Waals surface area contributed by atoms with Crippen LogP contribution in [0, 0.1) is 5.92 Å². The van der Waals surface area contributed by atoms with E-state index in [1.807, 2.05) is 0 Å². The standard InChI is InChI=1S/C9H17NO2/c11-7-8-5-9(10-6-8)1-3-12-4-2-9/h8,10-11H,1-7H2. The lowest BCUT2D eigenvalue weighted by atomic mass is 9.86. The molecule has 0 bridgehead atoms. The van der Waals surface area contributed by atoms with E-state index in [1.165, 1.54) is 0 Å². The van der Waals surface area contributed by atoms with Crippen molar-refractivity contribution in [1.29, 1.82) is 0 Å². The first kappa shape index (κ1) is 8.48. The Kier molecular flexibility index (Phi) is 2.35. The first-order valence-electron chi connectivity index (χ1n) is 4.78. The third kappa shape index (κ3) is 1.49. The van der Waals surface area contributed by atoms with E-state index in [1.54, 1.807) is 0 Å². The van der Waals surface area contributed by atoms with Crippen LogP contribution in [0.3, 0.4) is 0 Å². The Hall–Kier alpha value is -0.120. The molecular weight excluding hydrogens is 154 g/mol. The molecule has 1 atom stereocenters. The van der Waals surface area contributed by atoms with Gasteiger partial charge in [-0.2, -0.15) is 0 Å². The summed E-state index contributed by atoms with van der Waals surface area (Å²) in [5.41, 5.74) is 0.311. The van der Waals surface area contributed by atoms with Crippen LogP contribution in [0.1, 0.15) is 19.3 Å². The average Bonchev–Trinajstić information content (AvgIpc) is 2.50. The van der Waals surface area contributed by atoms with Crippen molar-refractivity contribution in [3.05, 3.63) is 0 Å². The first-order valence-corrected chi connectivity index (χ1v) is 4.78. The fraction of sp³-hybridized carbons (Fsp3) is 1.00. The Morgan fingerprint density at radius 1 is 1.42 bits per heavy atom. The van der Waals surface area contributed by atoms with Crippen molar-refractivity contribution in [3.63, 3.8) is 0 Å². The molecule has 3 heteroatoms. The van der Waals surface area contributed by atoms with E-state index in [9.17, 15) is 0 Å². The third-order valence-corrected chi connectivity index (χ3v) is 3.15. The van der Waals surface area contributed by atoms with Crippen molar-refractivity contribution in [2.45, 2.75) is 24.8 Å². The summed E-state index contributed by atoms with van der Waals surface area (Å²) in [4.78, 5) is 0. The molecule has 3 nitrogen and oxygen atoms in total. The van der Waals surface area contributed by atoms with Gasteiger partial charge in [-0.15, -0.1) is 0 Å². The number of nitrogens with one attached hydrogen (secondary N) is 1. The molecule has 2 heterocycles. The number of hydrogen-bond acceptors (Lipinski definition) is 3. The molecule has 2 aliphatic heterocycles. The molecule has 0 saturated carbocycles. The first-order chi connectivity index (χ1) is 5.85. The molecule has 2 aliphatic rings. The van der Waals surface area contributed by atoms with Crippen molar-refractivity contribution >= 4 is 0 Å². The van der Waals surface area contributed by atoms with Gasteiger partial charge >= 0.3 is 0 Å². The molecule has 2 rings (SSSR count). The van der Waals surface area contributed by atoms with Crippen molar-refractivity contribution in [2.24, 2.45) is 5.92 Å². The predicted octanol–water partition coefficient (Wildman–Crippen LogP) is 0.137. The molecule has 2 fully saturated rings. The third-order valence-electron chi connectivity index (χ3n) is 3.15. The highest BCUT2D eigenvalue weighted by Crippen LogP contribution is 2.32. The molecule has 0 radical (unpaired) electrons. The van der Waals surface area contributed by atoms with Crippen LogP contribution in [-0.4, -0.2) is 37.0 Å². The van der Waals surface area contributed by atoms with Crippen LogP contribution in [0.4, 0.5) is 0 Å². The molecule has 0 aromatic carbocycles. The zero-order valence-electron chi connectivity index (χ0n) is 7.38. The summed E-state index contributed by atoms with van der Waals surface area (Å²) in [6.45, 7) is 3.07. The minimum absolute atomic E-state index is 0.311. The molecule has 1 spiro atoms. The summed E-state index contributed by atoms with van der Waals surface area (Å²) in [6, 6.07) is 0. The molecule has 2 N–H and O–H groups in total. The Morgan fingerprint density at radius 2 is 2.17 bits per heavy atom. The van der Waals surface area contributed by atoms with Crippen molar-refractivity contribution in [1.82, 2.24) is 5.32 Å².